The van der Waals surface area contributed by atoms with E-state index >= 15 is 0 Å². The molecule has 0 saturated carbocycles. The molecule has 3 aliphatic heterocycles. The SMILES string of the molecule is C/C=C(\C#N)CN1CC2CC(C1)N2. The largest absolute Gasteiger partial charge is 0.309 e. The van der Waals surface area contributed by atoms with Gasteiger partial charge in [0.25, 0.3) is 0 Å². The van der Waals surface area contributed by atoms with E-state index in [1.54, 1.807) is 0 Å². The molecule has 3 nitrogen and oxygen atoms in total. The molecule has 0 spiro atoms. The van der Waals surface area contributed by atoms with Crippen LogP contribution in [0.15, 0.2) is 11.6 Å². The van der Waals surface area contributed by atoms with Crippen molar-refractivity contribution in [2.24, 2.45) is 0 Å². The van der Waals surface area contributed by atoms with E-state index in [1.165, 1.54) is 6.42 Å². The Hall–Kier alpha value is -0.850. The van der Waals surface area contributed by atoms with E-state index in [0.29, 0.717) is 12.1 Å². The zero-order valence-corrected chi connectivity index (χ0v) is 7.95. The standard InChI is InChI=1S/C10H15N3/c1-2-8(4-11)5-13-6-9-3-10(7-13)12-9/h2,9-10,12H,3,5-7H2,1H3/b8-2+. The average Bonchev–Trinajstić information content (AvgIpc) is 2.13. The summed E-state index contributed by atoms with van der Waals surface area (Å²) in [7, 11) is 0. The number of nitriles is 1. The molecule has 1 N–H and O–H groups in total. The second-order valence-corrected chi connectivity index (χ2v) is 3.92. The highest BCUT2D eigenvalue weighted by Crippen LogP contribution is 2.21. The first-order valence-corrected chi connectivity index (χ1v) is 4.85. The zero-order chi connectivity index (χ0) is 9.26. The molecule has 3 heteroatoms. The van der Waals surface area contributed by atoms with Crippen LogP contribution in [0.25, 0.3) is 0 Å². The highest BCUT2D eigenvalue weighted by atomic mass is 15.3. The molecule has 3 fully saturated rings. The number of rotatable bonds is 2. The molecule has 3 saturated heterocycles. The molecule has 0 amide bonds. The van der Waals surface area contributed by atoms with Crippen molar-refractivity contribution in [3.8, 4) is 6.07 Å². The molecule has 70 valence electrons. The van der Waals surface area contributed by atoms with Gasteiger partial charge in [0.15, 0.2) is 0 Å². The maximum atomic E-state index is 8.77. The van der Waals surface area contributed by atoms with Crippen molar-refractivity contribution in [1.82, 2.24) is 10.2 Å². The number of nitrogens with one attached hydrogen (secondary N) is 1. The molecule has 0 aromatic carbocycles. The quantitative estimate of drug-likeness (QED) is 0.624. The lowest BCUT2D eigenvalue weighted by atomic mass is 9.91. The number of hydrogen-bond donors (Lipinski definition) is 1. The van der Waals surface area contributed by atoms with Crippen LogP contribution < -0.4 is 5.32 Å². The van der Waals surface area contributed by atoms with Gasteiger partial charge in [-0.05, 0) is 13.3 Å². The molecule has 0 aromatic heterocycles. The number of piperazine rings is 1. The third kappa shape index (κ3) is 1.74. The Kier molecular flexibility index (Phi) is 2.34. The summed E-state index contributed by atoms with van der Waals surface area (Å²) in [5.41, 5.74) is 0.890. The van der Waals surface area contributed by atoms with Crippen LogP contribution in [0.3, 0.4) is 0 Å². The number of allylic oxidation sites excluding steroid dienone is 1. The average molecular weight is 177 g/mol. The summed E-state index contributed by atoms with van der Waals surface area (Å²) in [4.78, 5) is 2.37. The maximum Gasteiger partial charge on any atom is 0.0957 e. The van der Waals surface area contributed by atoms with Gasteiger partial charge in [-0.3, -0.25) is 4.90 Å². The Morgan fingerprint density at radius 1 is 1.62 bits per heavy atom. The second-order valence-electron chi connectivity index (χ2n) is 3.92. The molecular formula is C10H15N3. The number of nitrogens with zero attached hydrogens (tertiary/aromatic N) is 2. The first kappa shape index (κ1) is 8.74. The van der Waals surface area contributed by atoms with Crippen LogP contribution >= 0.6 is 0 Å². The van der Waals surface area contributed by atoms with Gasteiger partial charge in [-0.15, -0.1) is 0 Å². The third-order valence-corrected chi connectivity index (χ3v) is 2.88. The van der Waals surface area contributed by atoms with Crippen LogP contribution in [-0.4, -0.2) is 36.6 Å². The third-order valence-electron chi connectivity index (χ3n) is 2.88. The molecule has 0 radical (unpaired) electrons. The van der Waals surface area contributed by atoms with Crippen LogP contribution in [0.4, 0.5) is 0 Å². The minimum absolute atomic E-state index is 0.690. The summed E-state index contributed by atoms with van der Waals surface area (Å²) < 4.78 is 0. The van der Waals surface area contributed by atoms with Gasteiger partial charge in [0.1, 0.15) is 0 Å². The summed E-state index contributed by atoms with van der Waals surface area (Å²) in [6.07, 6.45) is 3.24. The van der Waals surface area contributed by atoms with Crippen molar-refractivity contribution in [1.29, 1.82) is 5.26 Å². The van der Waals surface area contributed by atoms with Crippen LogP contribution in [0.2, 0.25) is 0 Å². The lowest BCUT2D eigenvalue weighted by Crippen LogP contribution is -2.66. The fraction of sp³-hybridized carbons (Fsp3) is 0.700. The van der Waals surface area contributed by atoms with Crippen molar-refractivity contribution < 1.29 is 0 Å². The normalized spacial score (nSPS) is 33.7. The summed E-state index contributed by atoms with van der Waals surface area (Å²) in [6, 6.07) is 3.61. The van der Waals surface area contributed by atoms with Crippen LogP contribution in [0.5, 0.6) is 0 Å². The van der Waals surface area contributed by atoms with Gasteiger partial charge in [0.2, 0.25) is 0 Å². The number of fused-ring (bicyclic) bond motifs is 2. The molecule has 2 unspecified atom stereocenters. The van der Waals surface area contributed by atoms with Gasteiger partial charge in [-0.1, -0.05) is 6.08 Å². The van der Waals surface area contributed by atoms with E-state index in [1.807, 2.05) is 13.0 Å². The van der Waals surface area contributed by atoms with E-state index in [-0.39, 0.29) is 0 Å². The Balaban J connectivity index is 1.86. The lowest BCUT2D eigenvalue weighted by Gasteiger charge is -2.48. The highest BCUT2D eigenvalue weighted by molar-refractivity contribution is 5.22. The predicted molar refractivity (Wildman–Crippen MR) is 51.1 cm³/mol. The van der Waals surface area contributed by atoms with E-state index < -0.39 is 0 Å². The molecule has 3 heterocycles. The monoisotopic (exact) mass is 177 g/mol. The van der Waals surface area contributed by atoms with Gasteiger partial charge in [-0.25, -0.2) is 0 Å². The lowest BCUT2D eigenvalue weighted by molar-refractivity contribution is 0.0859. The van der Waals surface area contributed by atoms with Crippen LogP contribution in [0.1, 0.15) is 13.3 Å². The van der Waals surface area contributed by atoms with E-state index in [2.05, 4.69) is 16.3 Å². The van der Waals surface area contributed by atoms with E-state index in [9.17, 15) is 0 Å². The highest BCUT2D eigenvalue weighted by Gasteiger charge is 2.36. The van der Waals surface area contributed by atoms with Gasteiger partial charge in [0, 0.05) is 37.3 Å². The van der Waals surface area contributed by atoms with Crippen molar-refractivity contribution in [2.45, 2.75) is 25.4 Å². The molecule has 3 rings (SSSR count). The van der Waals surface area contributed by atoms with E-state index in [4.69, 9.17) is 5.26 Å². The molecule has 13 heavy (non-hydrogen) atoms. The van der Waals surface area contributed by atoms with Gasteiger partial charge >= 0.3 is 0 Å². The van der Waals surface area contributed by atoms with Crippen molar-refractivity contribution in [3.05, 3.63) is 11.6 Å². The fourth-order valence-corrected chi connectivity index (χ4v) is 2.17. The summed E-state index contributed by atoms with van der Waals surface area (Å²) in [6.45, 7) is 4.98. The molecule has 2 atom stereocenters. The predicted octanol–water partition coefficient (Wildman–Crippen LogP) is 0.502. The topological polar surface area (TPSA) is 39.1 Å². The second kappa shape index (κ2) is 3.49. The maximum absolute atomic E-state index is 8.77. The van der Waals surface area contributed by atoms with E-state index in [0.717, 1.165) is 25.2 Å². The van der Waals surface area contributed by atoms with Gasteiger partial charge in [0.05, 0.1) is 6.07 Å². The van der Waals surface area contributed by atoms with Crippen molar-refractivity contribution in [2.75, 3.05) is 19.6 Å². The smallest absolute Gasteiger partial charge is 0.0957 e. The molecule has 0 aliphatic carbocycles. The first-order chi connectivity index (χ1) is 6.31. The van der Waals surface area contributed by atoms with Crippen molar-refractivity contribution >= 4 is 0 Å². The molecule has 3 aliphatic rings. The Bertz CT molecular complexity index is 248. The minimum Gasteiger partial charge on any atom is -0.309 e. The zero-order valence-electron chi connectivity index (χ0n) is 7.95. The first-order valence-electron chi connectivity index (χ1n) is 4.85. The summed E-state index contributed by atoms with van der Waals surface area (Å²) >= 11 is 0. The summed E-state index contributed by atoms with van der Waals surface area (Å²) in [5, 5.41) is 12.2. The van der Waals surface area contributed by atoms with Crippen LogP contribution in [0, 0.1) is 11.3 Å². The fourth-order valence-electron chi connectivity index (χ4n) is 2.17. The molecule has 2 bridgehead atoms. The van der Waals surface area contributed by atoms with Gasteiger partial charge < -0.3 is 5.32 Å². The molecule has 0 aromatic rings. The summed E-state index contributed by atoms with van der Waals surface area (Å²) in [5.74, 6) is 0. The van der Waals surface area contributed by atoms with Crippen molar-refractivity contribution in [3.63, 3.8) is 0 Å². The van der Waals surface area contributed by atoms with Crippen LogP contribution in [-0.2, 0) is 0 Å². The minimum atomic E-state index is 0.690. The number of piperidine rings is 1. The number of hydrogen-bond acceptors (Lipinski definition) is 3. The molecular weight excluding hydrogens is 162 g/mol. The van der Waals surface area contributed by atoms with Gasteiger partial charge in [-0.2, -0.15) is 5.26 Å². The Labute approximate surface area is 79.0 Å². The Morgan fingerprint density at radius 2 is 2.23 bits per heavy atom. The Morgan fingerprint density at radius 3 is 2.69 bits per heavy atom.